The second-order valence-corrected chi connectivity index (χ2v) is 5.01. The van der Waals surface area contributed by atoms with Crippen molar-refractivity contribution in [1.82, 2.24) is 4.98 Å². The van der Waals surface area contributed by atoms with Crippen molar-refractivity contribution < 1.29 is 9.47 Å². The highest BCUT2D eigenvalue weighted by atomic mass is 16.5. The van der Waals surface area contributed by atoms with Crippen LogP contribution in [0.4, 0.5) is 0 Å². The monoisotopic (exact) mass is 300 g/mol. The fraction of sp³-hybridized carbons (Fsp3) is 0.389. The van der Waals surface area contributed by atoms with Gasteiger partial charge in [0.05, 0.1) is 12.8 Å². The molecule has 2 aromatic rings. The lowest BCUT2D eigenvalue weighted by molar-refractivity contribution is 0.393. The van der Waals surface area contributed by atoms with E-state index < -0.39 is 0 Å². The third kappa shape index (κ3) is 3.22. The molecule has 0 fully saturated rings. The summed E-state index contributed by atoms with van der Waals surface area (Å²) in [5, 5.41) is 0. The summed E-state index contributed by atoms with van der Waals surface area (Å²) in [6.45, 7) is 5.91. The van der Waals surface area contributed by atoms with E-state index in [4.69, 9.17) is 15.2 Å². The molecule has 1 aromatic heterocycles. The van der Waals surface area contributed by atoms with Gasteiger partial charge in [0.25, 0.3) is 0 Å². The van der Waals surface area contributed by atoms with Crippen molar-refractivity contribution in [2.24, 2.45) is 5.73 Å². The van der Waals surface area contributed by atoms with Crippen LogP contribution in [0.25, 0.3) is 0 Å². The first-order valence-corrected chi connectivity index (χ1v) is 7.76. The van der Waals surface area contributed by atoms with Crippen molar-refractivity contribution in [1.29, 1.82) is 0 Å². The Bertz CT molecular complexity index is 641. The molecule has 1 atom stereocenters. The summed E-state index contributed by atoms with van der Waals surface area (Å²) in [6.07, 6.45) is 1.95. The van der Waals surface area contributed by atoms with E-state index in [1.807, 2.05) is 39.0 Å². The predicted octanol–water partition coefficient (Wildman–Crippen LogP) is 4.16. The van der Waals surface area contributed by atoms with Crippen LogP contribution in [0.5, 0.6) is 17.4 Å². The molecular formula is C18H24N2O2. The number of fused-ring (bicyclic) bond motifs is 1. The number of hydrogen-bond acceptors (Lipinski definition) is 4. The van der Waals surface area contributed by atoms with Gasteiger partial charge in [-0.1, -0.05) is 26.0 Å². The average Bonchev–Trinajstić information content (AvgIpc) is 2.94. The van der Waals surface area contributed by atoms with Crippen molar-refractivity contribution in [2.75, 3.05) is 7.11 Å². The summed E-state index contributed by atoms with van der Waals surface area (Å²) in [7, 11) is 1.60. The third-order valence-electron chi connectivity index (χ3n) is 3.71. The van der Waals surface area contributed by atoms with Gasteiger partial charge in [-0.3, -0.25) is 0 Å². The molecule has 0 aliphatic heterocycles. The molecule has 0 saturated heterocycles. The van der Waals surface area contributed by atoms with E-state index in [1.165, 1.54) is 11.1 Å². The first kappa shape index (κ1) is 16.3. The number of pyridine rings is 1. The van der Waals surface area contributed by atoms with Crippen LogP contribution in [0.1, 0.15) is 43.1 Å². The Hall–Kier alpha value is -2.07. The number of benzene rings is 1. The molecule has 0 bridgehead atoms. The molecule has 1 unspecified atom stereocenters. The van der Waals surface area contributed by atoms with E-state index >= 15 is 0 Å². The van der Waals surface area contributed by atoms with Crippen LogP contribution in [0.2, 0.25) is 0 Å². The Morgan fingerprint density at radius 1 is 1.14 bits per heavy atom. The molecule has 118 valence electrons. The Kier molecular flexibility index (Phi) is 5.39. The maximum atomic E-state index is 6.09. The molecule has 0 spiro atoms. The van der Waals surface area contributed by atoms with Gasteiger partial charge in [-0.2, -0.15) is 0 Å². The van der Waals surface area contributed by atoms with E-state index in [9.17, 15) is 0 Å². The average molecular weight is 300 g/mol. The maximum absolute atomic E-state index is 6.09. The molecular weight excluding hydrogens is 276 g/mol. The van der Waals surface area contributed by atoms with Gasteiger partial charge < -0.3 is 15.2 Å². The molecule has 0 radical (unpaired) electrons. The highest BCUT2D eigenvalue weighted by Crippen LogP contribution is 2.38. The van der Waals surface area contributed by atoms with Crippen LogP contribution >= 0.6 is 0 Å². The second kappa shape index (κ2) is 7.27. The van der Waals surface area contributed by atoms with E-state index in [1.54, 1.807) is 13.2 Å². The number of nitrogens with two attached hydrogens (primary N) is 1. The molecule has 0 saturated carbocycles. The highest BCUT2D eigenvalue weighted by molar-refractivity contribution is 5.47. The van der Waals surface area contributed by atoms with Crippen molar-refractivity contribution in [2.45, 2.75) is 39.7 Å². The SMILES string of the molecule is CC.COc1ccc(Oc2cccc3c2CCC3N)c(C)n1. The van der Waals surface area contributed by atoms with Crippen molar-refractivity contribution in [3.8, 4) is 17.4 Å². The minimum absolute atomic E-state index is 0.128. The second-order valence-electron chi connectivity index (χ2n) is 5.01. The minimum Gasteiger partial charge on any atom is -0.481 e. The third-order valence-corrected chi connectivity index (χ3v) is 3.71. The summed E-state index contributed by atoms with van der Waals surface area (Å²) < 4.78 is 11.1. The number of rotatable bonds is 3. The van der Waals surface area contributed by atoms with Gasteiger partial charge in [-0.15, -0.1) is 0 Å². The zero-order valence-electron chi connectivity index (χ0n) is 13.7. The van der Waals surface area contributed by atoms with Crippen molar-refractivity contribution in [3.63, 3.8) is 0 Å². The largest absolute Gasteiger partial charge is 0.481 e. The molecule has 1 heterocycles. The van der Waals surface area contributed by atoms with Crippen LogP contribution in [0.15, 0.2) is 30.3 Å². The fourth-order valence-electron chi connectivity index (χ4n) is 2.61. The van der Waals surface area contributed by atoms with Gasteiger partial charge in [0, 0.05) is 12.1 Å². The van der Waals surface area contributed by atoms with Gasteiger partial charge in [0.2, 0.25) is 5.88 Å². The normalized spacial score (nSPS) is 15.6. The minimum atomic E-state index is 0.128. The van der Waals surface area contributed by atoms with E-state index in [0.717, 1.165) is 30.0 Å². The smallest absolute Gasteiger partial charge is 0.213 e. The number of nitrogens with zero attached hydrogens (tertiary/aromatic N) is 1. The van der Waals surface area contributed by atoms with Gasteiger partial charge in [-0.25, -0.2) is 4.98 Å². The molecule has 4 nitrogen and oxygen atoms in total. The van der Waals surface area contributed by atoms with E-state index in [-0.39, 0.29) is 6.04 Å². The lowest BCUT2D eigenvalue weighted by atomic mass is 10.1. The number of methoxy groups -OCH3 is 1. The predicted molar refractivity (Wildman–Crippen MR) is 88.6 cm³/mol. The Morgan fingerprint density at radius 2 is 1.91 bits per heavy atom. The summed E-state index contributed by atoms with van der Waals surface area (Å²) in [4.78, 5) is 4.32. The lowest BCUT2D eigenvalue weighted by Gasteiger charge is -2.13. The van der Waals surface area contributed by atoms with Gasteiger partial charge in [0.1, 0.15) is 11.5 Å². The summed E-state index contributed by atoms with van der Waals surface area (Å²) in [6, 6.07) is 9.88. The van der Waals surface area contributed by atoms with Crippen molar-refractivity contribution >= 4 is 0 Å². The van der Waals surface area contributed by atoms with Crippen LogP contribution in [0.3, 0.4) is 0 Å². The molecule has 22 heavy (non-hydrogen) atoms. The standard InChI is InChI=1S/C16H18N2O2.C2H6/c1-10-14(8-9-16(18-10)19-2)20-15-5-3-4-11-12(15)6-7-13(11)17;1-2/h3-5,8-9,13H,6-7,17H2,1-2H3;1-2H3. The Morgan fingerprint density at radius 3 is 2.59 bits per heavy atom. The lowest BCUT2D eigenvalue weighted by Crippen LogP contribution is -2.05. The van der Waals surface area contributed by atoms with E-state index in [0.29, 0.717) is 5.88 Å². The summed E-state index contributed by atoms with van der Waals surface area (Å²) in [5.74, 6) is 2.22. The van der Waals surface area contributed by atoms with Gasteiger partial charge in [-0.05, 0) is 43.0 Å². The molecule has 1 aromatic carbocycles. The number of ether oxygens (including phenoxy) is 2. The van der Waals surface area contributed by atoms with Crippen LogP contribution < -0.4 is 15.2 Å². The Balaban J connectivity index is 0.000000847. The van der Waals surface area contributed by atoms with Gasteiger partial charge >= 0.3 is 0 Å². The van der Waals surface area contributed by atoms with E-state index in [2.05, 4.69) is 11.1 Å². The first-order valence-electron chi connectivity index (χ1n) is 7.76. The fourth-order valence-corrected chi connectivity index (χ4v) is 2.61. The molecule has 3 rings (SSSR count). The molecule has 2 N–H and O–H groups in total. The number of hydrogen-bond donors (Lipinski definition) is 1. The topological polar surface area (TPSA) is 57.4 Å². The van der Waals surface area contributed by atoms with Crippen molar-refractivity contribution in [3.05, 3.63) is 47.2 Å². The quantitative estimate of drug-likeness (QED) is 0.924. The maximum Gasteiger partial charge on any atom is 0.213 e. The highest BCUT2D eigenvalue weighted by Gasteiger charge is 2.22. The molecule has 1 aliphatic rings. The molecule has 0 amide bonds. The number of aromatic nitrogens is 1. The van der Waals surface area contributed by atoms with Crippen LogP contribution in [-0.2, 0) is 6.42 Å². The molecule has 4 heteroatoms. The van der Waals surface area contributed by atoms with Crippen LogP contribution in [0, 0.1) is 6.92 Å². The summed E-state index contributed by atoms with van der Waals surface area (Å²) >= 11 is 0. The zero-order valence-corrected chi connectivity index (χ0v) is 13.7. The van der Waals surface area contributed by atoms with Crippen LogP contribution in [-0.4, -0.2) is 12.1 Å². The molecule has 1 aliphatic carbocycles. The zero-order chi connectivity index (χ0) is 16.1. The van der Waals surface area contributed by atoms with Gasteiger partial charge in [0.15, 0.2) is 0 Å². The number of aryl methyl sites for hydroxylation is 1. The first-order chi connectivity index (χ1) is 10.7. The summed E-state index contributed by atoms with van der Waals surface area (Å²) in [5.41, 5.74) is 9.32. The Labute approximate surface area is 132 Å².